The molecule has 2 fully saturated rings. The zero-order valence-electron chi connectivity index (χ0n) is 10.3. The van der Waals surface area contributed by atoms with Gasteiger partial charge in [-0.1, -0.05) is 0 Å². The summed E-state index contributed by atoms with van der Waals surface area (Å²) in [5.41, 5.74) is 0. The van der Waals surface area contributed by atoms with Gasteiger partial charge in [0.25, 0.3) is 0 Å². The third kappa shape index (κ3) is 2.52. The third-order valence-electron chi connectivity index (χ3n) is 4.25. The summed E-state index contributed by atoms with van der Waals surface area (Å²) in [7, 11) is 0. The van der Waals surface area contributed by atoms with Crippen LogP contribution in [0.25, 0.3) is 0 Å². The van der Waals surface area contributed by atoms with E-state index in [0.29, 0.717) is 12.5 Å². The summed E-state index contributed by atoms with van der Waals surface area (Å²) >= 11 is 3.35. The van der Waals surface area contributed by atoms with Gasteiger partial charge in [-0.05, 0) is 52.9 Å². The normalized spacial score (nSPS) is 28.4. The summed E-state index contributed by atoms with van der Waals surface area (Å²) in [6.07, 6.45) is 7.26. The molecule has 1 aromatic rings. The summed E-state index contributed by atoms with van der Waals surface area (Å²) in [5.74, 6) is 3.01. The molecule has 3 rings (SSSR count). The summed E-state index contributed by atoms with van der Waals surface area (Å²) in [4.78, 5) is 11.0. The van der Waals surface area contributed by atoms with Gasteiger partial charge < -0.3 is 10.0 Å². The second-order valence-corrected chi connectivity index (χ2v) is 6.28. The lowest BCUT2D eigenvalue weighted by Crippen LogP contribution is -2.35. The molecule has 0 aromatic carbocycles. The molecule has 2 aliphatic rings. The monoisotopic (exact) mass is 311 g/mol. The summed E-state index contributed by atoms with van der Waals surface area (Å²) in [6.45, 7) is 2.46. The van der Waals surface area contributed by atoms with Crippen LogP contribution in [0.5, 0.6) is 0 Å². The quantitative estimate of drug-likeness (QED) is 0.928. The molecule has 1 saturated carbocycles. The SMILES string of the molecule is OC[C@@H]1C[C@@H]1C1CCN(c2ncc(Br)cn2)CC1. The molecule has 1 N–H and O–H groups in total. The van der Waals surface area contributed by atoms with Crippen LogP contribution >= 0.6 is 15.9 Å². The van der Waals surface area contributed by atoms with Crippen molar-refractivity contribution in [3.8, 4) is 0 Å². The van der Waals surface area contributed by atoms with Gasteiger partial charge in [-0.3, -0.25) is 0 Å². The van der Waals surface area contributed by atoms with Crippen molar-refractivity contribution in [3.05, 3.63) is 16.9 Å². The maximum Gasteiger partial charge on any atom is 0.225 e. The predicted octanol–water partition coefficient (Wildman–Crippen LogP) is 2.08. The van der Waals surface area contributed by atoms with Gasteiger partial charge >= 0.3 is 0 Å². The standard InChI is InChI=1S/C13H18BrN3O/c14-11-6-15-13(16-7-11)17-3-1-9(2-4-17)12-5-10(12)8-18/h6-7,9-10,12,18H,1-5,8H2/t10-,12+/m0/s1. The largest absolute Gasteiger partial charge is 0.396 e. The van der Waals surface area contributed by atoms with E-state index in [-0.39, 0.29) is 0 Å². The minimum absolute atomic E-state index is 0.376. The van der Waals surface area contributed by atoms with Crippen LogP contribution in [0.15, 0.2) is 16.9 Å². The van der Waals surface area contributed by atoms with Crippen molar-refractivity contribution in [3.63, 3.8) is 0 Å². The average molecular weight is 312 g/mol. The van der Waals surface area contributed by atoms with E-state index >= 15 is 0 Å². The van der Waals surface area contributed by atoms with Gasteiger partial charge in [-0.15, -0.1) is 0 Å². The molecule has 0 bridgehead atoms. The number of anilines is 1. The van der Waals surface area contributed by atoms with Crippen molar-refractivity contribution in [2.45, 2.75) is 19.3 Å². The Morgan fingerprint density at radius 3 is 2.50 bits per heavy atom. The van der Waals surface area contributed by atoms with Gasteiger partial charge in [0.05, 0.1) is 4.47 Å². The molecule has 2 heterocycles. The topological polar surface area (TPSA) is 49.2 Å². The molecule has 1 saturated heterocycles. The van der Waals surface area contributed by atoms with Gasteiger partial charge in [0.1, 0.15) is 0 Å². The van der Waals surface area contributed by atoms with E-state index in [2.05, 4.69) is 30.8 Å². The Labute approximate surface area is 116 Å². The predicted molar refractivity (Wildman–Crippen MR) is 73.4 cm³/mol. The van der Waals surface area contributed by atoms with Crippen LogP contribution in [0.1, 0.15) is 19.3 Å². The number of rotatable bonds is 3. The highest BCUT2D eigenvalue weighted by Gasteiger charge is 2.43. The average Bonchev–Trinajstić information content (AvgIpc) is 3.19. The molecule has 18 heavy (non-hydrogen) atoms. The summed E-state index contributed by atoms with van der Waals surface area (Å²) < 4.78 is 0.921. The van der Waals surface area contributed by atoms with Crippen molar-refractivity contribution in [1.82, 2.24) is 9.97 Å². The van der Waals surface area contributed by atoms with Crippen LogP contribution in [-0.2, 0) is 0 Å². The van der Waals surface area contributed by atoms with E-state index in [1.165, 1.54) is 19.3 Å². The molecule has 0 amide bonds. The first-order valence-electron chi connectivity index (χ1n) is 6.61. The second kappa shape index (κ2) is 5.13. The number of hydrogen-bond acceptors (Lipinski definition) is 4. The minimum atomic E-state index is 0.376. The molecule has 0 radical (unpaired) electrons. The Morgan fingerprint density at radius 2 is 1.94 bits per heavy atom. The highest BCUT2D eigenvalue weighted by atomic mass is 79.9. The summed E-state index contributed by atoms with van der Waals surface area (Å²) in [6, 6.07) is 0. The van der Waals surface area contributed by atoms with Gasteiger partial charge in [-0.2, -0.15) is 0 Å². The highest BCUT2D eigenvalue weighted by Crippen LogP contribution is 2.47. The van der Waals surface area contributed by atoms with E-state index in [1.807, 2.05) is 0 Å². The van der Waals surface area contributed by atoms with Gasteiger partial charge in [-0.25, -0.2) is 9.97 Å². The fraction of sp³-hybridized carbons (Fsp3) is 0.692. The molecular formula is C13H18BrN3O. The van der Waals surface area contributed by atoms with Crippen LogP contribution in [-0.4, -0.2) is 34.8 Å². The fourth-order valence-electron chi connectivity index (χ4n) is 3.05. The Hall–Kier alpha value is -0.680. The van der Waals surface area contributed by atoms with Crippen LogP contribution in [0, 0.1) is 17.8 Å². The van der Waals surface area contributed by atoms with Crippen molar-refractivity contribution in [2.75, 3.05) is 24.6 Å². The van der Waals surface area contributed by atoms with E-state index in [4.69, 9.17) is 5.11 Å². The first-order chi connectivity index (χ1) is 8.78. The minimum Gasteiger partial charge on any atom is -0.396 e. The molecule has 4 nitrogen and oxygen atoms in total. The Kier molecular flexibility index (Phi) is 3.52. The Morgan fingerprint density at radius 1 is 1.28 bits per heavy atom. The number of halogens is 1. The number of aliphatic hydroxyl groups excluding tert-OH is 1. The number of aromatic nitrogens is 2. The van der Waals surface area contributed by atoms with Crippen molar-refractivity contribution >= 4 is 21.9 Å². The molecule has 2 atom stereocenters. The molecule has 0 unspecified atom stereocenters. The van der Waals surface area contributed by atoms with Crippen LogP contribution in [0.3, 0.4) is 0 Å². The molecule has 1 aromatic heterocycles. The van der Waals surface area contributed by atoms with Crippen molar-refractivity contribution in [2.24, 2.45) is 17.8 Å². The number of piperidine rings is 1. The van der Waals surface area contributed by atoms with Crippen LogP contribution < -0.4 is 4.90 Å². The highest BCUT2D eigenvalue weighted by molar-refractivity contribution is 9.10. The zero-order chi connectivity index (χ0) is 12.5. The van der Waals surface area contributed by atoms with Gasteiger partial charge in [0.15, 0.2) is 0 Å². The number of aliphatic hydroxyl groups is 1. The molecule has 1 aliphatic heterocycles. The molecule has 0 spiro atoms. The van der Waals surface area contributed by atoms with Gasteiger partial charge in [0.2, 0.25) is 5.95 Å². The lowest BCUT2D eigenvalue weighted by molar-refractivity contribution is 0.248. The molecular weight excluding hydrogens is 294 g/mol. The van der Waals surface area contributed by atoms with Crippen molar-refractivity contribution < 1.29 is 5.11 Å². The maximum atomic E-state index is 9.13. The second-order valence-electron chi connectivity index (χ2n) is 5.37. The Bertz CT molecular complexity index is 403. The fourth-order valence-corrected chi connectivity index (χ4v) is 3.26. The Balaban J connectivity index is 1.55. The molecule has 1 aliphatic carbocycles. The van der Waals surface area contributed by atoms with Crippen LogP contribution in [0.2, 0.25) is 0 Å². The van der Waals surface area contributed by atoms with Crippen LogP contribution in [0.4, 0.5) is 5.95 Å². The van der Waals surface area contributed by atoms with E-state index < -0.39 is 0 Å². The number of hydrogen-bond donors (Lipinski definition) is 1. The first-order valence-corrected chi connectivity index (χ1v) is 7.40. The van der Waals surface area contributed by atoms with Gasteiger partial charge in [0, 0.05) is 32.1 Å². The molecule has 5 heteroatoms. The summed E-state index contributed by atoms with van der Waals surface area (Å²) in [5, 5.41) is 9.13. The van der Waals surface area contributed by atoms with E-state index in [1.54, 1.807) is 12.4 Å². The smallest absolute Gasteiger partial charge is 0.225 e. The number of nitrogens with zero attached hydrogens (tertiary/aromatic N) is 3. The van der Waals surface area contributed by atoms with E-state index in [0.717, 1.165) is 35.3 Å². The lowest BCUT2D eigenvalue weighted by Gasteiger charge is -2.32. The molecule has 98 valence electrons. The lowest BCUT2D eigenvalue weighted by atomic mass is 9.91. The maximum absolute atomic E-state index is 9.13. The third-order valence-corrected chi connectivity index (χ3v) is 4.66. The zero-order valence-corrected chi connectivity index (χ0v) is 11.9. The van der Waals surface area contributed by atoms with E-state index in [9.17, 15) is 0 Å². The van der Waals surface area contributed by atoms with Crippen molar-refractivity contribution in [1.29, 1.82) is 0 Å². The first kappa shape index (κ1) is 12.4.